The first kappa shape index (κ1) is 18.4. The highest BCUT2D eigenvalue weighted by atomic mass is 16.5. The van der Waals surface area contributed by atoms with Gasteiger partial charge in [0.2, 0.25) is 0 Å². The Hall–Kier alpha value is -3.93. The third-order valence-electron chi connectivity index (χ3n) is 4.66. The van der Waals surface area contributed by atoms with E-state index in [1.807, 2.05) is 60.7 Å². The molecule has 0 aliphatic rings. The van der Waals surface area contributed by atoms with Gasteiger partial charge >= 0.3 is 5.97 Å². The number of hydrogen-bond donors (Lipinski definition) is 2. The SMILES string of the molecule is O=C(N[C@H](Cc1ccccc1)C(=O)O)c1ccc2noc(-c3ccccc3)c2c1. The number of aromatic nitrogens is 1. The fraction of sp³-hybridized carbons (Fsp3) is 0.0870. The number of nitrogens with zero attached hydrogens (tertiary/aromatic N) is 1. The molecule has 1 heterocycles. The van der Waals surface area contributed by atoms with E-state index in [1.165, 1.54) is 0 Å². The number of carbonyl (C=O) groups is 2. The maximum atomic E-state index is 12.7. The quantitative estimate of drug-likeness (QED) is 0.524. The van der Waals surface area contributed by atoms with Crippen LogP contribution >= 0.6 is 0 Å². The van der Waals surface area contributed by atoms with Gasteiger partial charge in [-0.1, -0.05) is 65.8 Å². The molecular weight excluding hydrogens is 368 g/mol. The van der Waals surface area contributed by atoms with Crippen LogP contribution in [0.3, 0.4) is 0 Å². The summed E-state index contributed by atoms with van der Waals surface area (Å²) in [6, 6.07) is 22.6. The Bertz CT molecular complexity index is 1150. The average Bonchev–Trinajstić information content (AvgIpc) is 3.18. The topological polar surface area (TPSA) is 92.4 Å². The Labute approximate surface area is 166 Å². The Morgan fingerprint density at radius 3 is 2.34 bits per heavy atom. The van der Waals surface area contributed by atoms with E-state index in [0.29, 0.717) is 22.2 Å². The van der Waals surface area contributed by atoms with Crippen LogP contribution in [0.4, 0.5) is 0 Å². The highest BCUT2D eigenvalue weighted by Gasteiger charge is 2.22. The van der Waals surface area contributed by atoms with E-state index in [9.17, 15) is 14.7 Å². The molecule has 1 amide bonds. The Kier molecular flexibility index (Phi) is 5.07. The van der Waals surface area contributed by atoms with Crippen molar-refractivity contribution >= 4 is 22.8 Å². The monoisotopic (exact) mass is 386 g/mol. The molecule has 2 N–H and O–H groups in total. The van der Waals surface area contributed by atoms with Crippen LogP contribution in [-0.4, -0.2) is 28.2 Å². The second-order valence-electron chi connectivity index (χ2n) is 6.66. The predicted molar refractivity (Wildman–Crippen MR) is 108 cm³/mol. The second-order valence-corrected chi connectivity index (χ2v) is 6.66. The van der Waals surface area contributed by atoms with Crippen molar-refractivity contribution in [2.24, 2.45) is 0 Å². The Balaban J connectivity index is 1.60. The largest absolute Gasteiger partial charge is 0.480 e. The molecule has 0 saturated heterocycles. The zero-order valence-electron chi connectivity index (χ0n) is 15.4. The maximum absolute atomic E-state index is 12.7. The minimum Gasteiger partial charge on any atom is -0.480 e. The fourth-order valence-electron chi connectivity index (χ4n) is 3.17. The normalized spacial score (nSPS) is 11.9. The summed E-state index contributed by atoms with van der Waals surface area (Å²) in [6.07, 6.45) is 0.201. The first-order valence-corrected chi connectivity index (χ1v) is 9.14. The van der Waals surface area contributed by atoms with Crippen LogP contribution in [0.1, 0.15) is 15.9 Å². The first-order valence-electron chi connectivity index (χ1n) is 9.14. The molecule has 1 atom stereocenters. The van der Waals surface area contributed by atoms with E-state index in [4.69, 9.17) is 4.52 Å². The van der Waals surface area contributed by atoms with Crippen molar-refractivity contribution < 1.29 is 19.2 Å². The van der Waals surface area contributed by atoms with Gasteiger partial charge in [-0.05, 0) is 23.8 Å². The molecule has 0 aliphatic carbocycles. The van der Waals surface area contributed by atoms with Crippen LogP contribution in [0.2, 0.25) is 0 Å². The van der Waals surface area contributed by atoms with Crippen molar-refractivity contribution in [3.05, 3.63) is 90.0 Å². The lowest BCUT2D eigenvalue weighted by atomic mass is 10.0. The molecule has 144 valence electrons. The van der Waals surface area contributed by atoms with Crippen LogP contribution < -0.4 is 5.32 Å². The molecule has 0 radical (unpaired) electrons. The minimum absolute atomic E-state index is 0.201. The van der Waals surface area contributed by atoms with E-state index in [2.05, 4.69) is 10.5 Å². The molecule has 0 fully saturated rings. The number of amides is 1. The summed E-state index contributed by atoms with van der Waals surface area (Å²) in [4.78, 5) is 24.4. The molecule has 4 rings (SSSR count). The van der Waals surface area contributed by atoms with Gasteiger partial charge in [-0.3, -0.25) is 4.79 Å². The summed E-state index contributed by atoms with van der Waals surface area (Å²) >= 11 is 0. The lowest BCUT2D eigenvalue weighted by Crippen LogP contribution is -2.42. The van der Waals surface area contributed by atoms with Gasteiger partial charge in [-0.25, -0.2) is 4.79 Å². The minimum atomic E-state index is -1.08. The molecule has 0 aliphatic heterocycles. The number of nitrogens with one attached hydrogen (secondary N) is 1. The van der Waals surface area contributed by atoms with Crippen molar-refractivity contribution in [1.82, 2.24) is 10.5 Å². The molecule has 29 heavy (non-hydrogen) atoms. The summed E-state index contributed by atoms with van der Waals surface area (Å²) in [7, 11) is 0. The fourth-order valence-corrected chi connectivity index (χ4v) is 3.17. The van der Waals surface area contributed by atoms with Crippen molar-refractivity contribution in [1.29, 1.82) is 0 Å². The van der Waals surface area contributed by atoms with Gasteiger partial charge in [-0.15, -0.1) is 0 Å². The summed E-state index contributed by atoms with van der Waals surface area (Å²) < 4.78 is 5.46. The van der Waals surface area contributed by atoms with Gasteiger partial charge in [0.15, 0.2) is 5.76 Å². The molecule has 4 aromatic rings. The zero-order chi connectivity index (χ0) is 20.2. The standard InChI is InChI=1S/C23H18N2O4/c26-22(24-20(23(27)28)13-15-7-3-1-4-8-15)17-11-12-19-18(14-17)21(29-25-19)16-9-5-2-6-10-16/h1-12,14,20H,13H2,(H,24,26)(H,27,28)/t20-/m1/s1. The second kappa shape index (κ2) is 7.98. The van der Waals surface area contributed by atoms with Gasteiger partial charge in [0.05, 0.1) is 5.39 Å². The molecule has 6 heteroatoms. The summed E-state index contributed by atoms with van der Waals surface area (Å²) in [5.74, 6) is -0.983. The number of hydrogen-bond acceptors (Lipinski definition) is 4. The predicted octanol–water partition coefficient (Wildman–Crippen LogP) is 3.92. The first-order chi connectivity index (χ1) is 14.1. The molecule has 1 aromatic heterocycles. The van der Waals surface area contributed by atoms with Crippen LogP contribution in [0.15, 0.2) is 83.4 Å². The molecule has 0 unspecified atom stereocenters. The Morgan fingerprint density at radius 2 is 1.66 bits per heavy atom. The van der Waals surface area contributed by atoms with Gasteiger partial charge in [0, 0.05) is 17.5 Å². The molecular formula is C23H18N2O4. The molecule has 0 saturated carbocycles. The number of aliphatic carboxylic acids is 1. The highest BCUT2D eigenvalue weighted by molar-refractivity contribution is 6.02. The van der Waals surface area contributed by atoms with E-state index in [1.54, 1.807) is 18.2 Å². The molecule has 0 bridgehead atoms. The average molecular weight is 386 g/mol. The van der Waals surface area contributed by atoms with Crippen molar-refractivity contribution in [3.8, 4) is 11.3 Å². The molecule has 0 spiro atoms. The smallest absolute Gasteiger partial charge is 0.326 e. The number of fused-ring (bicyclic) bond motifs is 1. The zero-order valence-corrected chi connectivity index (χ0v) is 15.4. The summed E-state index contributed by atoms with van der Waals surface area (Å²) in [6.45, 7) is 0. The van der Waals surface area contributed by atoms with Crippen LogP contribution in [0.25, 0.3) is 22.2 Å². The summed E-state index contributed by atoms with van der Waals surface area (Å²) in [5, 5.41) is 16.9. The van der Waals surface area contributed by atoms with Gasteiger partial charge in [0.1, 0.15) is 11.6 Å². The third kappa shape index (κ3) is 4.01. The lowest BCUT2D eigenvalue weighted by Gasteiger charge is -2.14. The Morgan fingerprint density at radius 1 is 0.966 bits per heavy atom. The number of rotatable bonds is 6. The van der Waals surface area contributed by atoms with Crippen molar-refractivity contribution in [2.45, 2.75) is 12.5 Å². The lowest BCUT2D eigenvalue weighted by molar-refractivity contribution is -0.139. The van der Waals surface area contributed by atoms with Gasteiger partial charge in [-0.2, -0.15) is 0 Å². The van der Waals surface area contributed by atoms with E-state index < -0.39 is 17.9 Å². The van der Waals surface area contributed by atoms with E-state index >= 15 is 0 Å². The van der Waals surface area contributed by atoms with Gasteiger partial charge in [0.25, 0.3) is 5.91 Å². The van der Waals surface area contributed by atoms with E-state index in [-0.39, 0.29) is 6.42 Å². The third-order valence-corrected chi connectivity index (χ3v) is 4.66. The van der Waals surface area contributed by atoms with Crippen molar-refractivity contribution in [2.75, 3.05) is 0 Å². The maximum Gasteiger partial charge on any atom is 0.326 e. The van der Waals surface area contributed by atoms with Crippen LogP contribution in [-0.2, 0) is 11.2 Å². The molecule has 3 aromatic carbocycles. The highest BCUT2D eigenvalue weighted by Crippen LogP contribution is 2.29. The van der Waals surface area contributed by atoms with Crippen molar-refractivity contribution in [3.63, 3.8) is 0 Å². The number of carboxylic acids is 1. The summed E-state index contributed by atoms with van der Waals surface area (Å²) in [5.41, 5.74) is 2.65. The van der Waals surface area contributed by atoms with E-state index in [0.717, 1.165) is 11.1 Å². The van der Waals surface area contributed by atoms with Crippen LogP contribution in [0, 0.1) is 0 Å². The molecule has 6 nitrogen and oxygen atoms in total. The number of benzene rings is 3. The van der Waals surface area contributed by atoms with Crippen LogP contribution in [0.5, 0.6) is 0 Å². The van der Waals surface area contributed by atoms with Gasteiger partial charge < -0.3 is 14.9 Å². The number of carbonyl (C=O) groups excluding carboxylic acids is 1. The number of carboxylic acid groups (broad SMARTS) is 1.